The van der Waals surface area contributed by atoms with Crippen molar-refractivity contribution in [2.24, 2.45) is 0 Å². The predicted octanol–water partition coefficient (Wildman–Crippen LogP) is 2.40. The maximum absolute atomic E-state index is 13.0. The van der Waals surface area contributed by atoms with Crippen molar-refractivity contribution in [1.29, 1.82) is 0 Å². The maximum Gasteiger partial charge on any atom is 0.272 e. The second kappa shape index (κ2) is 6.14. The lowest BCUT2D eigenvalue weighted by Crippen LogP contribution is -2.34. The molecular formula is C19H16FN3O2. The third-order valence-electron chi connectivity index (χ3n) is 4.40. The summed E-state index contributed by atoms with van der Waals surface area (Å²) in [4.78, 5) is 12.5. The molecule has 1 aliphatic rings. The molecule has 6 heteroatoms. The largest absolute Gasteiger partial charge is 0.390 e. The van der Waals surface area contributed by atoms with Gasteiger partial charge in [0.05, 0.1) is 17.8 Å². The Morgan fingerprint density at radius 1 is 1.16 bits per heavy atom. The summed E-state index contributed by atoms with van der Waals surface area (Å²) in [5.74, 6) is -0.690. The Kier molecular flexibility index (Phi) is 3.82. The molecule has 25 heavy (non-hydrogen) atoms. The lowest BCUT2D eigenvalue weighted by atomic mass is 10.1. The van der Waals surface area contributed by atoms with Crippen molar-refractivity contribution in [2.75, 3.05) is 0 Å². The Bertz CT molecular complexity index is 920. The standard InChI is InChI=1S/C19H16FN3O2/c20-13-5-7-14(8-6-13)23-10-9-16(22-23)19(25)21-18-15-4-2-1-3-12(15)11-17(18)24/h1-10,17-18,24H,11H2,(H,21,25)/t17-,18+/m1/s1. The van der Waals surface area contributed by atoms with Gasteiger partial charge in [0.2, 0.25) is 0 Å². The summed E-state index contributed by atoms with van der Waals surface area (Å²) in [6.07, 6.45) is 1.51. The SMILES string of the molecule is O=C(N[C@H]1c2ccccc2C[C@H]1O)c1ccn(-c2ccc(F)cc2)n1. The first kappa shape index (κ1) is 15.5. The number of nitrogens with zero attached hydrogens (tertiary/aromatic N) is 2. The lowest BCUT2D eigenvalue weighted by Gasteiger charge is -2.17. The summed E-state index contributed by atoms with van der Waals surface area (Å²) < 4.78 is 14.5. The highest BCUT2D eigenvalue weighted by Gasteiger charge is 2.32. The first-order valence-electron chi connectivity index (χ1n) is 8.00. The molecule has 0 aliphatic heterocycles. The molecule has 0 fully saturated rings. The maximum atomic E-state index is 13.0. The number of aliphatic hydroxyl groups excluding tert-OH is 1. The van der Waals surface area contributed by atoms with Crippen LogP contribution in [0.4, 0.5) is 4.39 Å². The van der Waals surface area contributed by atoms with E-state index in [-0.39, 0.29) is 17.4 Å². The molecule has 5 nitrogen and oxygen atoms in total. The van der Waals surface area contributed by atoms with Crippen LogP contribution in [0.3, 0.4) is 0 Å². The summed E-state index contributed by atoms with van der Waals surface area (Å²) in [6, 6.07) is 14.7. The number of hydrogen-bond acceptors (Lipinski definition) is 3. The molecule has 0 saturated heterocycles. The highest BCUT2D eigenvalue weighted by molar-refractivity contribution is 5.92. The van der Waals surface area contributed by atoms with Crippen molar-refractivity contribution in [3.8, 4) is 5.69 Å². The fourth-order valence-corrected chi connectivity index (χ4v) is 3.15. The van der Waals surface area contributed by atoms with Crippen LogP contribution >= 0.6 is 0 Å². The minimum Gasteiger partial charge on any atom is -0.390 e. The van der Waals surface area contributed by atoms with Gasteiger partial charge in [-0.25, -0.2) is 9.07 Å². The molecule has 0 spiro atoms. The first-order chi connectivity index (χ1) is 12.1. The molecule has 126 valence electrons. The molecule has 2 aromatic carbocycles. The van der Waals surface area contributed by atoms with E-state index in [9.17, 15) is 14.3 Å². The van der Waals surface area contributed by atoms with Crippen LogP contribution in [0.15, 0.2) is 60.8 Å². The van der Waals surface area contributed by atoms with Crippen molar-refractivity contribution in [2.45, 2.75) is 18.6 Å². The minimum atomic E-state index is -0.652. The molecule has 0 radical (unpaired) electrons. The Balaban J connectivity index is 1.53. The number of nitrogens with one attached hydrogen (secondary N) is 1. The van der Waals surface area contributed by atoms with Crippen molar-refractivity contribution in [3.05, 3.63) is 83.4 Å². The average Bonchev–Trinajstić information content (AvgIpc) is 3.21. The minimum absolute atomic E-state index is 0.237. The molecule has 1 amide bonds. The first-order valence-corrected chi connectivity index (χ1v) is 8.00. The van der Waals surface area contributed by atoms with E-state index in [0.717, 1.165) is 11.1 Å². The van der Waals surface area contributed by atoms with Crippen molar-refractivity contribution in [3.63, 3.8) is 0 Å². The van der Waals surface area contributed by atoms with Crippen LogP contribution in [0.25, 0.3) is 5.69 Å². The molecule has 0 saturated carbocycles. The summed E-state index contributed by atoms with van der Waals surface area (Å²) >= 11 is 0. The van der Waals surface area contributed by atoms with Gasteiger partial charge in [-0.2, -0.15) is 5.10 Å². The van der Waals surface area contributed by atoms with E-state index >= 15 is 0 Å². The zero-order valence-electron chi connectivity index (χ0n) is 13.3. The van der Waals surface area contributed by atoms with E-state index < -0.39 is 12.1 Å². The fraction of sp³-hybridized carbons (Fsp3) is 0.158. The smallest absolute Gasteiger partial charge is 0.272 e. The number of carbonyl (C=O) groups excluding carboxylic acids is 1. The van der Waals surface area contributed by atoms with Gasteiger partial charge in [0, 0.05) is 12.6 Å². The Labute approximate surface area is 143 Å². The second-order valence-electron chi connectivity index (χ2n) is 6.04. The van der Waals surface area contributed by atoms with Gasteiger partial charge in [0.15, 0.2) is 5.69 Å². The molecular weight excluding hydrogens is 321 g/mol. The van der Waals surface area contributed by atoms with Gasteiger partial charge in [0.1, 0.15) is 5.82 Å². The van der Waals surface area contributed by atoms with Crippen molar-refractivity contribution >= 4 is 5.91 Å². The molecule has 2 N–H and O–H groups in total. The Morgan fingerprint density at radius 3 is 2.72 bits per heavy atom. The number of carbonyl (C=O) groups is 1. The molecule has 1 aliphatic carbocycles. The zero-order chi connectivity index (χ0) is 17.4. The number of aromatic nitrogens is 2. The number of fused-ring (bicyclic) bond motifs is 1. The quantitative estimate of drug-likeness (QED) is 0.771. The van der Waals surface area contributed by atoms with Crippen LogP contribution in [-0.4, -0.2) is 26.9 Å². The van der Waals surface area contributed by atoms with E-state index in [2.05, 4.69) is 10.4 Å². The van der Waals surface area contributed by atoms with Gasteiger partial charge in [0.25, 0.3) is 5.91 Å². The fourth-order valence-electron chi connectivity index (χ4n) is 3.15. The highest BCUT2D eigenvalue weighted by atomic mass is 19.1. The van der Waals surface area contributed by atoms with Crippen LogP contribution in [0.2, 0.25) is 0 Å². The molecule has 1 aromatic heterocycles. The second-order valence-corrected chi connectivity index (χ2v) is 6.04. The molecule has 0 bridgehead atoms. The van der Waals surface area contributed by atoms with Crippen molar-refractivity contribution in [1.82, 2.24) is 15.1 Å². The third kappa shape index (κ3) is 2.92. The number of halogens is 1. The number of benzene rings is 2. The van der Waals surface area contributed by atoms with Crippen LogP contribution in [0.1, 0.15) is 27.7 Å². The number of aliphatic hydroxyl groups is 1. The van der Waals surface area contributed by atoms with Gasteiger partial charge in [-0.3, -0.25) is 4.79 Å². The van der Waals surface area contributed by atoms with E-state index in [4.69, 9.17) is 0 Å². The zero-order valence-corrected chi connectivity index (χ0v) is 13.3. The van der Waals surface area contributed by atoms with Gasteiger partial charge >= 0.3 is 0 Å². The van der Waals surface area contributed by atoms with E-state index in [1.165, 1.54) is 16.8 Å². The molecule has 0 unspecified atom stereocenters. The molecule has 3 aromatic rings. The van der Waals surface area contributed by atoms with E-state index in [0.29, 0.717) is 12.1 Å². The van der Waals surface area contributed by atoms with Gasteiger partial charge in [-0.1, -0.05) is 24.3 Å². The molecule has 2 atom stereocenters. The van der Waals surface area contributed by atoms with Crippen LogP contribution in [-0.2, 0) is 6.42 Å². The Morgan fingerprint density at radius 2 is 1.92 bits per heavy atom. The Hall–Kier alpha value is -2.99. The monoisotopic (exact) mass is 337 g/mol. The summed E-state index contributed by atoms with van der Waals surface area (Å²) in [5.41, 5.74) is 2.87. The van der Waals surface area contributed by atoms with Crippen molar-refractivity contribution < 1.29 is 14.3 Å². The highest BCUT2D eigenvalue weighted by Crippen LogP contribution is 2.31. The van der Waals surface area contributed by atoms with Gasteiger partial charge in [-0.05, 0) is 41.5 Å². The van der Waals surface area contributed by atoms with Crippen LogP contribution in [0.5, 0.6) is 0 Å². The normalized spacial score (nSPS) is 18.8. The number of hydrogen-bond donors (Lipinski definition) is 2. The van der Waals surface area contributed by atoms with Gasteiger partial charge < -0.3 is 10.4 Å². The summed E-state index contributed by atoms with van der Waals surface area (Å²) in [5, 5.41) is 17.3. The molecule has 4 rings (SSSR count). The topological polar surface area (TPSA) is 67.2 Å². The van der Waals surface area contributed by atoms with E-state index in [1.807, 2.05) is 24.3 Å². The van der Waals surface area contributed by atoms with Crippen LogP contribution < -0.4 is 5.32 Å². The number of amides is 1. The van der Waals surface area contributed by atoms with Crippen LogP contribution in [0, 0.1) is 5.82 Å². The third-order valence-corrected chi connectivity index (χ3v) is 4.40. The predicted molar refractivity (Wildman–Crippen MR) is 89.9 cm³/mol. The average molecular weight is 337 g/mol. The summed E-state index contributed by atoms with van der Waals surface area (Å²) in [7, 11) is 0. The summed E-state index contributed by atoms with van der Waals surface area (Å²) in [6.45, 7) is 0. The molecule has 1 heterocycles. The lowest BCUT2D eigenvalue weighted by molar-refractivity contribution is 0.0853. The van der Waals surface area contributed by atoms with Gasteiger partial charge in [-0.15, -0.1) is 0 Å². The number of rotatable bonds is 3. The van der Waals surface area contributed by atoms with E-state index in [1.54, 1.807) is 24.4 Å².